The number of para-hydroxylation sites is 1. The lowest BCUT2D eigenvalue weighted by Crippen LogP contribution is -2.48. The second-order valence-electron chi connectivity index (χ2n) is 8.60. The van der Waals surface area contributed by atoms with Gasteiger partial charge in [0.2, 0.25) is 0 Å². The molecule has 4 rings (SSSR count). The van der Waals surface area contributed by atoms with Crippen LogP contribution in [0.15, 0.2) is 40.8 Å². The predicted octanol–water partition coefficient (Wildman–Crippen LogP) is 3.79. The maximum Gasteiger partial charge on any atom is 0.287 e. The lowest BCUT2D eigenvalue weighted by molar-refractivity contribution is -0.000762. The SMILES string of the molecule is Cc1ccccc1OCc1ccc(C(=O)NCC2(CN3CCCC3)CCOCC2)o1. The molecule has 2 aliphatic heterocycles. The number of hydrogen-bond acceptors (Lipinski definition) is 5. The molecular formula is C24H32N2O4. The lowest BCUT2D eigenvalue weighted by Gasteiger charge is -2.40. The molecule has 0 spiro atoms. The van der Waals surface area contributed by atoms with Gasteiger partial charge >= 0.3 is 0 Å². The summed E-state index contributed by atoms with van der Waals surface area (Å²) in [5, 5.41) is 3.12. The minimum Gasteiger partial charge on any atom is -0.485 e. The van der Waals surface area contributed by atoms with E-state index >= 15 is 0 Å². The van der Waals surface area contributed by atoms with E-state index < -0.39 is 0 Å². The summed E-state index contributed by atoms with van der Waals surface area (Å²) < 4.78 is 17.1. The predicted molar refractivity (Wildman–Crippen MR) is 115 cm³/mol. The van der Waals surface area contributed by atoms with E-state index in [1.807, 2.05) is 37.3 Å². The molecule has 6 nitrogen and oxygen atoms in total. The molecule has 0 radical (unpaired) electrons. The number of ether oxygens (including phenoxy) is 2. The zero-order valence-corrected chi connectivity index (χ0v) is 17.8. The minimum atomic E-state index is -0.163. The van der Waals surface area contributed by atoms with Crippen molar-refractivity contribution >= 4 is 5.91 Å². The zero-order chi connectivity index (χ0) is 20.8. The highest BCUT2D eigenvalue weighted by Gasteiger charge is 2.35. The molecule has 0 aliphatic carbocycles. The number of amides is 1. The Balaban J connectivity index is 1.32. The number of hydrogen-bond donors (Lipinski definition) is 1. The number of nitrogens with one attached hydrogen (secondary N) is 1. The Morgan fingerprint density at radius 1 is 1.13 bits per heavy atom. The van der Waals surface area contributed by atoms with E-state index in [4.69, 9.17) is 13.9 Å². The summed E-state index contributed by atoms with van der Waals surface area (Å²) in [4.78, 5) is 15.3. The van der Waals surface area contributed by atoms with Crippen molar-refractivity contribution < 1.29 is 18.7 Å². The first kappa shape index (κ1) is 20.9. The molecular weight excluding hydrogens is 380 g/mol. The number of furan rings is 1. The van der Waals surface area contributed by atoms with Crippen molar-refractivity contribution in [2.24, 2.45) is 5.41 Å². The zero-order valence-electron chi connectivity index (χ0n) is 17.8. The van der Waals surface area contributed by atoms with Crippen LogP contribution in [0.2, 0.25) is 0 Å². The molecule has 1 N–H and O–H groups in total. The summed E-state index contributed by atoms with van der Waals surface area (Å²) in [6.07, 6.45) is 4.52. The van der Waals surface area contributed by atoms with Crippen LogP contribution in [0.25, 0.3) is 0 Å². The summed E-state index contributed by atoms with van der Waals surface area (Å²) in [5.41, 5.74) is 1.16. The Morgan fingerprint density at radius 2 is 1.90 bits per heavy atom. The molecule has 1 aromatic carbocycles. The second kappa shape index (κ2) is 9.67. The molecule has 0 atom stereocenters. The summed E-state index contributed by atoms with van der Waals surface area (Å²) in [6, 6.07) is 11.4. The molecule has 1 amide bonds. The van der Waals surface area contributed by atoms with Gasteiger partial charge in [-0.1, -0.05) is 18.2 Å². The summed E-state index contributed by atoms with van der Waals surface area (Å²) >= 11 is 0. The molecule has 6 heteroatoms. The number of benzene rings is 1. The van der Waals surface area contributed by atoms with Crippen LogP contribution in [0, 0.1) is 12.3 Å². The quantitative estimate of drug-likeness (QED) is 0.715. The number of carbonyl (C=O) groups is 1. The number of likely N-dealkylation sites (tertiary alicyclic amines) is 1. The van der Waals surface area contributed by atoms with E-state index in [2.05, 4.69) is 10.2 Å². The van der Waals surface area contributed by atoms with Crippen molar-refractivity contribution in [3.63, 3.8) is 0 Å². The second-order valence-corrected chi connectivity index (χ2v) is 8.60. The van der Waals surface area contributed by atoms with Crippen LogP contribution >= 0.6 is 0 Å². The molecule has 0 bridgehead atoms. The van der Waals surface area contributed by atoms with Crippen LogP contribution in [0.3, 0.4) is 0 Å². The number of aryl methyl sites for hydroxylation is 1. The van der Waals surface area contributed by atoms with Crippen molar-refractivity contribution in [2.45, 2.75) is 39.2 Å². The average molecular weight is 413 g/mol. The van der Waals surface area contributed by atoms with Crippen LogP contribution in [0.4, 0.5) is 0 Å². The standard InChI is InChI=1S/C24H32N2O4/c1-19-6-2-3-7-21(19)29-16-20-8-9-22(30-20)23(27)25-17-24(10-14-28-15-11-24)18-26-12-4-5-13-26/h2-3,6-9H,4-5,10-18H2,1H3,(H,25,27). The van der Waals surface area contributed by atoms with E-state index in [-0.39, 0.29) is 11.3 Å². The number of carbonyl (C=O) groups excluding carboxylic acids is 1. The average Bonchev–Trinajstić information content (AvgIpc) is 3.44. The van der Waals surface area contributed by atoms with E-state index in [1.165, 1.54) is 25.9 Å². The van der Waals surface area contributed by atoms with Gasteiger partial charge in [0.25, 0.3) is 5.91 Å². The van der Waals surface area contributed by atoms with Crippen LogP contribution < -0.4 is 10.1 Å². The molecule has 1 aromatic heterocycles. The van der Waals surface area contributed by atoms with Crippen LogP contribution in [-0.2, 0) is 11.3 Å². The summed E-state index contributed by atoms with van der Waals surface area (Å²) in [7, 11) is 0. The van der Waals surface area contributed by atoms with Gasteiger partial charge < -0.3 is 24.1 Å². The fourth-order valence-electron chi connectivity index (χ4n) is 4.41. The molecule has 0 saturated carbocycles. The fraction of sp³-hybridized carbons (Fsp3) is 0.542. The van der Waals surface area contributed by atoms with Gasteiger partial charge in [0.05, 0.1) is 0 Å². The highest BCUT2D eigenvalue weighted by Crippen LogP contribution is 2.32. The van der Waals surface area contributed by atoms with Gasteiger partial charge in [0, 0.05) is 31.7 Å². The fourth-order valence-corrected chi connectivity index (χ4v) is 4.41. The highest BCUT2D eigenvalue weighted by molar-refractivity contribution is 5.91. The highest BCUT2D eigenvalue weighted by atomic mass is 16.5. The smallest absolute Gasteiger partial charge is 0.287 e. The molecule has 0 unspecified atom stereocenters. The molecule has 30 heavy (non-hydrogen) atoms. The monoisotopic (exact) mass is 412 g/mol. The molecule has 162 valence electrons. The van der Waals surface area contributed by atoms with Crippen molar-refractivity contribution in [1.29, 1.82) is 0 Å². The third-order valence-corrected chi connectivity index (χ3v) is 6.28. The van der Waals surface area contributed by atoms with Gasteiger partial charge in [-0.15, -0.1) is 0 Å². The molecule has 2 aliphatic rings. The number of rotatable bonds is 8. The van der Waals surface area contributed by atoms with Gasteiger partial charge in [-0.3, -0.25) is 4.79 Å². The lowest BCUT2D eigenvalue weighted by atomic mass is 9.79. The van der Waals surface area contributed by atoms with Crippen LogP contribution in [0.1, 0.15) is 47.6 Å². The van der Waals surface area contributed by atoms with E-state index in [0.29, 0.717) is 24.7 Å². The maximum atomic E-state index is 12.7. The van der Waals surface area contributed by atoms with Gasteiger partial charge in [0.1, 0.15) is 18.1 Å². The van der Waals surface area contributed by atoms with Gasteiger partial charge in [-0.05, 0) is 69.5 Å². The summed E-state index contributed by atoms with van der Waals surface area (Å²) in [6.45, 7) is 7.86. The topological polar surface area (TPSA) is 63.9 Å². The Morgan fingerprint density at radius 3 is 2.67 bits per heavy atom. The minimum absolute atomic E-state index is 0.0849. The Labute approximate surface area is 178 Å². The van der Waals surface area contributed by atoms with E-state index in [9.17, 15) is 4.79 Å². The van der Waals surface area contributed by atoms with Crippen molar-refractivity contribution in [1.82, 2.24) is 10.2 Å². The van der Waals surface area contributed by atoms with E-state index in [1.54, 1.807) is 6.07 Å². The largest absolute Gasteiger partial charge is 0.485 e. The van der Waals surface area contributed by atoms with Gasteiger partial charge in [-0.2, -0.15) is 0 Å². The van der Waals surface area contributed by atoms with Gasteiger partial charge in [0.15, 0.2) is 5.76 Å². The third-order valence-electron chi connectivity index (χ3n) is 6.28. The van der Waals surface area contributed by atoms with Crippen LogP contribution in [0.5, 0.6) is 5.75 Å². The molecule has 2 saturated heterocycles. The van der Waals surface area contributed by atoms with E-state index in [0.717, 1.165) is 43.9 Å². The maximum absolute atomic E-state index is 12.7. The first-order valence-corrected chi connectivity index (χ1v) is 11.0. The third kappa shape index (κ3) is 5.24. The Hall–Kier alpha value is -2.31. The molecule has 2 aromatic rings. The van der Waals surface area contributed by atoms with Crippen molar-refractivity contribution in [2.75, 3.05) is 39.4 Å². The van der Waals surface area contributed by atoms with Crippen molar-refractivity contribution in [3.05, 3.63) is 53.5 Å². The molecule has 2 fully saturated rings. The summed E-state index contributed by atoms with van der Waals surface area (Å²) in [5.74, 6) is 1.63. The Bertz CT molecular complexity index is 835. The van der Waals surface area contributed by atoms with Crippen LogP contribution in [-0.4, -0.2) is 50.2 Å². The normalized spacial score (nSPS) is 19.0. The molecule has 3 heterocycles. The Kier molecular flexibility index (Phi) is 6.75. The first-order chi connectivity index (χ1) is 14.6. The first-order valence-electron chi connectivity index (χ1n) is 11.0. The van der Waals surface area contributed by atoms with Gasteiger partial charge in [-0.25, -0.2) is 0 Å². The number of nitrogens with zero attached hydrogens (tertiary/aromatic N) is 1. The van der Waals surface area contributed by atoms with Crippen molar-refractivity contribution in [3.8, 4) is 5.75 Å².